The maximum absolute atomic E-state index is 12.5. The first kappa shape index (κ1) is 12.3. The van der Waals surface area contributed by atoms with E-state index in [0.29, 0.717) is 16.8 Å². The van der Waals surface area contributed by atoms with E-state index in [1.165, 1.54) is 4.40 Å². The molecular formula is C16H13NO3. The van der Waals surface area contributed by atoms with Gasteiger partial charge in [-0.1, -0.05) is 18.2 Å². The molecule has 2 aromatic heterocycles. The van der Waals surface area contributed by atoms with Gasteiger partial charge < -0.3 is 9.84 Å². The summed E-state index contributed by atoms with van der Waals surface area (Å²) >= 11 is 0. The van der Waals surface area contributed by atoms with Crippen molar-refractivity contribution in [3.63, 3.8) is 0 Å². The van der Waals surface area contributed by atoms with Gasteiger partial charge in [0.1, 0.15) is 11.5 Å². The molecule has 4 nitrogen and oxygen atoms in total. The first-order chi connectivity index (χ1) is 9.70. The van der Waals surface area contributed by atoms with Crippen molar-refractivity contribution >= 4 is 5.52 Å². The number of hydrogen-bond donors (Lipinski definition) is 1. The smallest absolute Gasteiger partial charge is 0.266 e. The molecule has 0 saturated carbocycles. The Balaban J connectivity index is 2.27. The predicted octanol–water partition coefficient (Wildman–Crippen LogP) is 2.68. The molecule has 0 amide bonds. The minimum Gasteiger partial charge on any atom is -0.507 e. The minimum atomic E-state index is -0.245. The lowest BCUT2D eigenvalue weighted by molar-refractivity contribution is 0.415. The Morgan fingerprint density at radius 1 is 1.10 bits per heavy atom. The van der Waals surface area contributed by atoms with Crippen molar-refractivity contribution in [1.82, 2.24) is 4.40 Å². The fourth-order valence-electron chi connectivity index (χ4n) is 2.23. The summed E-state index contributed by atoms with van der Waals surface area (Å²) in [6.45, 7) is 0. The molecule has 0 saturated heterocycles. The summed E-state index contributed by atoms with van der Waals surface area (Å²) in [7, 11) is 1.58. The van der Waals surface area contributed by atoms with Crippen LogP contribution in [0.25, 0.3) is 16.6 Å². The minimum absolute atomic E-state index is 0.0219. The fraction of sp³-hybridized carbons (Fsp3) is 0.0625. The first-order valence-corrected chi connectivity index (χ1v) is 6.18. The number of ether oxygens (including phenoxy) is 1. The lowest BCUT2D eigenvalue weighted by Gasteiger charge is -2.08. The summed E-state index contributed by atoms with van der Waals surface area (Å²) in [6.07, 6.45) is 1.68. The summed E-state index contributed by atoms with van der Waals surface area (Å²) in [6, 6.07) is 14.0. The SMILES string of the molecule is COc1ccc(-c2c(O)cc3ccccn3c2=O)cc1. The fourth-order valence-corrected chi connectivity index (χ4v) is 2.23. The molecular weight excluding hydrogens is 254 g/mol. The highest BCUT2D eigenvalue weighted by molar-refractivity contribution is 5.72. The standard InChI is InChI=1S/C16H13NO3/c1-20-13-7-5-11(6-8-13)15-14(18)10-12-4-2-3-9-17(12)16(15)19/h2-10,18H,1H3. The Kier molecular flexibility index (Phi) is 2.91. The van der Waals surface area contributed by atoms with Crippen molar-refractivity contribution in [2.45, 2.75) is 0 Å². The first-order valence-electron chi connectivity index (χ1n) is 6.18. The van der Waals surface area contributed by atoms with Crippen LogP contribution in [0.1, 0.15) is 0 Å². The molecule has 0 bridgehead atoms. The van der Waals surface area contributed by atoms with E-state index in [1.54, 1.807) is 55.8 Å². The molecule has 0 aliphatic carbocycles. The number of nitrogens with zero attached hydrogens (tertiary/aromatic N) is 1. The number of benzene rings is 1. The molecule has 0 aliphatic rings. The van der Waals surface area contributed by atoms with E-state index in [2.05, 4.69) is 0 Å². The van der Waals surface area contributed by atoms with Crippen molar-refractivity contribution in [3.05, 3.63) is 65.1 Å². The highest BCUT2D eigenvalue weighted by Crippen LogP contribution is 2.28. The molecule has 0 atom stereocenters. The van der Waals surface area contributed by atoms with Gasteiger partial charge >= 0.3 is 0 Å². The topological polar surface area (TPSA) is 50.9 Å². The molecule has 4 heteroatoms. The zero-order chi connectivity index (χ0) is 14.1. The summed E-state index contributed by atoms with van der Waals surface area (Å²) < 4.78 is 6.60. The van der Waals surface area contributed by atoms with E-state index in [-0.39, 0.29) is 16.9 Å². The number of aromatic nitrogens is 1. The molecule has 2 heterocycles. The van der Waals surface area contributed by atoms with Gasteiger partial charge in [0, 0.05) is 12.3 Å². The van der Waals surface area contributed by atoms with Crippen LogP contribution in [-0.2, 0) is 0 Å². The summed E-state index contributed by atoms with van der Waals surface area (Å²) in [5.74, 6) is 0.681. The maximum atomic E-state index is 12.5. The van der Waals surface area contributed by atoms with Gasteiger partial charge in [-0.2, -0.15) is 0 Å². The predicted molar refractivity (Wildman–Crippen MR) is 77.3 cm³/mol. The summed E-state index contributed by atoms with van der Waals surface area (Å²) in [4.78, 5) is 12.5. The molecule has 3 aromatic rings. The van der Waals surface area contributed by atoms with Crippen LogP contribution in [0.15, 0.2) is 59.5 Å². The van der Waals surface area contributed by atoms with E-state index >= 15 is 0 Å². The molecule has 1 aromatic carbocycles. The number of aromatic hydroxyl groups is 1. The molecule has 0 radical (unpaired) electrons. The quantitative estimate of drug-likeness (QED) is 0.776. The zero-order valence-corrected chi connectivity index (χ0v) is 10.9. The number of methoxy groups -OCH3 is 1. The Labute approximate surface area is 115 Å². The van der Waals surface area contributed by atoms with E-state index in [4.69, 9.17) is 4.74 Å². The summed E-state index contributed by atoms with van der Waals surface area (Å²) in [5, 5.41) is 10.1. The highest BCUT2D eigenvalue weighted by atomic mass is 16.5. The maximum Gasteiger partial charge on any atom is 0.266 e. The molecule has 0 fully saturated rings. The normalized spacial score (nSPS) is 10.7. The molecule has 0 spiro atoms. The average Bonchev–Trinajstić information content (AvgIpc) is 2.48. The zero-order valence-electron chi connectivity index (χ0n) is 10.9. The average molecular weight is 267 g/mol. The number of fused-ring (bicyclic) bond motifs is 1. The Bertz CT molecular complexity index is 819. The van der Waals surface area contributed by atoms with E-state index in [9.17, 15) is 9.90 Å². The van der Waals surface area contributed by atoms with Gasteiger partial charge in [-0.05, 0) is 29.8 Å². The highest BCUT2D eigenvalue weighted by Gasteiger charge is 2.12. The molecule has 0 aliphatic heterocycles. The Hall–Kier alpha value is -2.75. The van der Waals surface area contributed by atoms with Gasteiger partial charge in [0.25, 0.3) is 5.56 Å². The van der Waals surface area contributed by atoms with E-state index in [0.717, 1.165) is 0 Å². The molecule has 100 valence electrons. The monoisotopic (exact) mass is 267 g/mol. The number of pyridine rings is 2. The van der Waals surface area contributed by atoms with Crippen LogP contribution in [0.4, 0.5) is 0 Å². The van der Waals surface area contributed by atoms with Crippen molar-refractivity contribution in [3.8, 4) is 22.6 Å². The van der Waals surface area contributed by atoms with Crippen molar-refractivity contribution in [2.24, 2.45) is 0 Å². The van der Waals surface area contributed by atoms with Crippen LogP contribution < -0.4 is 10.3 Å². The van der Waals surface area contributed by atoms with Crippen LogP contribution >= 0.6 is 0 Å². The van der Waals surface area contributed by atoms with Gasteiger partial charge in [-0.25, -0.2) is 0 Å². The van der Waals surface area contributed by atoms with Gasteiger partial charge in [0.2, 0.25) is 0 Å². The van der Waals surface area contributed by atoms with Gasteiger partial charge in [0.15, 0.2) is 0 Å². The Morgan fingerprint density at radius 2 is 1.85 bits per heavy atom. The third-order valence-corrected chi connectivity index (χ3v) is 3.24. The van der Waals surface area contributed by atoms with Crippen molar-refractivity contribution < 1.29 is 9.84 Å². The second-order valence-corrected chi connectivity index (χ2v) is 4.43. The van der Waals surface area contributed by atoms with Gasteiger partial charge in [0.05, 0.1) is 18.2 Å². The number of hydrogen-bond acceptors (Lipinski definition) is 3. The van der Waals surface area contributed by atoms with Crippen molar-refractivity contribution in [2.75, 3.05) is 7.11 Å². The molecule has 3 rings (SSSR count). The van der Waals surface area contributed by atoms with Crippen LogP contribution in [0.5, 0.6) is 11.5 Å². The molecule has 1 N–H and O–H groups in total. The largest absolute Gasteiger partial charge is 0.507 e. The Morgan fingerprint density at radius 3 is 2.55 bits per heavy atom. The van der Waals surface area contributed by atoms with Gasteiger partial charge in [-0.15, -0.1) is 0 Å². The van der Waals surface area contributed by atoms with Crippen LogP contribution in [0.2, 0.25) is 0 Å². The van der Waals surface area contributed by atoms with E-state index < -0.39 is 0 Å². The second kappa shape index (κ2) is 4.74. The molecule has 20 heavy (non-hydrogen) atoms. The third kappa shape index (κ3) is 1.91. The second-order valence-electron chi connectivity index (χ2n) is 4.43. The van der Waals surface area contributed by atoms with Crippen LogP contribution in [0.3, 0.4) is 0 Å². The van der Waals surface area contributed by atoms with Crippen LogP contribution in [0, 0.1) is 0 Å². The molecule has 0 unspecified atom stereocenters. The third-order valence-electron chi connectivity index (χ3n) is 3.24. The lowest BCUT2D eigenvalue weighted by Crippen LogP contribution is -2.15. The van der Waals surface area contributed by atoms with Gasteiger partial charge in [-0.3, -0.25) is 9.20 Å². The summed E-state index contributed by atoms with van der Waals surface area (Å²) in [5.41, 5.74) is 1.36. The van der Waals surface area contributed by atoms with E-state index in [1.807, 2.05) is 6.07 Å². The van der Waals surface area contributed by atoms with Crippen LogP contribution in [-0.4, -0.2) is 16.6 Å². The van der Waals surface area contributed by atoms with Crippen molar-refractivity contribution in [1.29, 1.82) is 0 Å². The lowest BCUT2D eigenvalue weighted by atomic mass is 10.1. The number of rotatable bonds is 2.